The number of fused-ring (bicyclic) bond motifs is 1. The first-order chi connectivity index (χ1) is 11.9. The Bertz CT molecular complexity index is 1070. The smallest absolute Gasteiger partial charge is 0.260 e. The van der Waals surface area contributed by atoms with Crippen LogP contribution in [0.5, 0.6) is 0 Å². The van der Waals surface area contributed by atoms with Gasteiger partial charge in [-0.05, 0) is 19.1 Å². The Morgan fingerprint density at radius 2 is 2.08 bits per heavy atom. The average Bonchev–Trinajstić information content (AvgIpc) is 2.54. The summed E-state index contributed by atoms with van der Waals surface area (Å²) in [5.41, 5.74) is 11.4. The summed E-state index contributed by atoms with van der Waals surface area (Å²) in [7, 11) is 0. The van der Waals surface area contributed by atoms with Gasteiger partial charge in [-0.1, -0.05) is 17.7 Å². The van der Waals surface area contributed by atoms with E-state index in [0.29, 0.717) is 21.7 Å². The third-order valence-electron chi connectivity index (χ3n) is 3.53. The van der Waals surface area contributed by atoms with Crippen LogP contribution in [0.25, 0.3) is 10.9 Å². The fourth-order valence-electron chi connectivity index (χ4n) is 2.36. The average molecular weight is 357 g/mol. The van der Waals surface area contributed by atoms with Crippen molar-refractivity contribution in [3.63, 3.8) is 0 Å². The summed E-state index contributed by atoms with van der Waals surface area (Å²) in [6.07, 6.45) is 0. The molecule has 126 valence electrons. The van der Waals surface area contributed by atoms with Crippen LogP contribution in [0.2, 0.25) is 5.02 Å². The number of halogens is 1. The Labute approximate surface area is 146 Å². The van der Waals surface area contributed by atoms with Crippen LogP contribution >= 0.6 is 11.6 Å². The summed E-state index contributed by atoms with van der Waals surface area (Å²) in [4.78, 5) is 27.1. The molecule has 0 amide bonds. The van der Waals surface area contributed by atoms with Crippen molar-refractivity contribution in [2.24, 2.45) is 0 Å². The van der Waals surface area contributed by atoms with Crippen molar-refractivity contribution in [1.29, 1.82) is 5.26 Å². The zero-order valence-corrected chi connectivity index (χ0v) is 13.8. The topological polar surface area (TPSA) is 159 Å². The normalized spacial score (nSPS) is 11.9. The molecule has 0 spiro atoms. The Hall–Kier alpha value is -3.38. The van der Waals surface area contributed by atoms with Gasteiger partial charge in [-0.3, -0.25) is 4.79 Å². The van der Waals surface area contributed by atoms with Crippen LogP contribution in [0.1, 0.15) is 24.4 Å². The molecular weight excluding hydrogens is 344 g/mol. The van der Waals surface area contributed by atoms with Crippen molar-refractivity contribution in [2.45, 2.75) is 13.0 Å². The van der Waals surface area contributed by atoms with Crippen molar-refractivity contribution in [3.8, 4) is 6.07 Å². The first kappa shape index (κ1) is 16.5. The van der Waals surface area contributed by atoms with Gasteiger partial charge in [0.1, 0.15) is 23.3 Å². The minimum atomic E-state index is -0.489. The van der Waals surface area contributed by atoms with Gasteiger partial charge in [0.15, 0.2) is 5.82 Å². The number of nitrogens with one attached hydrogen (secondary N) is 2. The van der Waals surface area contributed by atoms with Crippen LogP contribution in [-0.4, -0.2) is 19.9 Å². The third kappa shape index (κ3) is 3.02. The van der Waals surface area contributed by atoms with Crippen LogP contribution < -0.4 is 22.3 Å². The van der Waals surface area contributed by atoms with Crippen LogP contribution in [0.3, 0.4) is 0 Å². The van der Waals surface area contributed by atoms with E-state index in [4.69, 9.17) is 23.1 Å². The van der Waals surface area contributed by atoms with Gasteiger partial charge in [0.25, 0.3) is 5.56 Å². The molecule has 1 unspecified atom stereocenters. The van der Waals surface area contributed by atoms with E-state index in [0.717, 1.165) is 0 Å². The maximum atomic E-state index is 12.3. The van der Waals surface area contributed by atoms with Crippen molar-refractivity contribution >= 4 is 40.1 Å². The molecule has 2 heterocycles. The molecule has 0 aliphatic carbocycles. The van der Waals surface area contributed by atoms with Gasteiger partial charge >= 0.3 is 0 Å². The molecule has 0 saturated carbocycles. The second-order valence-electron chi connectivity index (χ2n) is 5.25. The Morgan fingerprint density at radius 1 is 1.32 bits per heavy atom. The standard InChI is InChI=1S/C15H13ClN8O/c1-6(20-13-7(5-17)11(18)22-15(19)24-13)12-21-9-4-2-3-8(16)10(9)14(25)23-12/h2-4,6H,1H3,(H,21,23,25)(H5,18,19,20,22,24). The molecule has 9 nitrogen and oxygen atoms in total. The lowest BCUT2D eigenvalue weighted by atomic mass is 10.2. The quantitative estimate of drug-likeness (QED) is 0.550. The van der Waals surface area contributed by atoms with Crippen molar-refractivity contribution in [2.75, 3.05) is 16.8 Å². The number of nitrogens with two attached hydrogens (primary N) is 2. The molecule has 10 heteroatoms. The van der Waals surface area contributed by atoms with Gasteiger partial charge in [0.05, 0.1) is 22.0 Å². The number of nitrogen functional groups attached to an aromatic ring is 2. The fourth-order valence-corrected chi connectivity index (χ4v) is 2.61. The van der Waals surface area contributed by atoms with Crippen LogP contribution in [0, 0.1) is 11.3 Å². The first-order valence-corrected chi connectivity index (χ1v) is 7.56. The number of anilines is 3. The van der Waals surface area contributed by atoms with Gasteiger partial charge in [0.2, 0.25) is 5.95 Å². The molecule has 0 radical (unpaired) electrons. The number of aromatic nitrogens is 4. The SMILES string of the molecule is CC(Nc1nc(N)nc(N)c1C#N)c1nc2cccc(Cl)c2c(=O)[nH]1. The summed E-state index contributed by atoms with van der Waals surface area (Å²) in [6.45, 7) is 1.74. The summed E-state index contributed by atoms with van der Waals surface area (Å²) in [5.74, 6) is 0.405. The van der Waals surface area contributed by atoms with E-state index in [2.05, 4.69) is 25.3 Å². The maximum Gasteiger partial charge on any atom is 0.260 e. The monoisotopic (exact) mass is 356 g/mol. The van der Waals surface area contributed by atoms with Crippen molar-refractivity contribution in [3.05, 3.63) is 45.0 Å². The van der Waals surface area contributed by atoms with Gasteiger partial charge in [-0.25, -0.2) is 4.98 Å². The molecule has 6 N–H and O–H groups in total. The predicted molar refractivity (Wildman–Crippen MR) is 95.0 cm³/mol. The summed E-state index contributed by atoms with van der Waals surface area (Å²) in [6, 6.07) is 6.44. The molecule has 3 rings (SSSR count). The molecule has 2 aromatic heterocycles. The number of aromatic amines is 1. The number of nitriles is 1. The Morgan fingerprint density at radius 3 is 2.80 bits per heavy atom. The first-order valence-electron chi connectivity index (χ1n) is 7.18. The zero-order chi connectivity index (χ0) is 18.1. The molecular formula is C15H13ClN8O. The van der Waals surface area contributed by atoms with Crippen LogP contribution in [0.15, 0.2) is 23.0 Å². The lowest BCUT2D eigenvalue weighted by molar-refractivity contribution is 0.785. The summed E-state index contributed by atoms with van der Waals surface area (Å²) >= 11 is 6.04. The molecule has 0 bridgehead atoms. The number of rotatable bonds is 3. The predicted octanol–water partition coefficient (Wildman–Crippen LogP) is 1.58. The highest BCUT2D eigenvalue weighted by Crippen LogP contribution is 2.24. The molecule has 0 saturated heterocycles. The minimum absolute atomic E-state index is 0.0311. The van der Waals surface area contributed by atoms with Gasteiger partial charge in [-0.2, -0.15) is 15.2 Å². The van der Waals surface area contributed by atoms with E-state index in [1.165, 1.54) is 0 Å². The minimum Gasteiger partial charge on any atom is -0.382 e. The second kappa shape index (κ2) is 6.26. The Balaban J connectivity index is 2.03. The fraction of sp³-hybridized carbons (Fsp3) is 0.133. The highest BCUT2D eigenvalue weighted by Gasteiger charge is 2.17. The largest absolute Gasteiger partial charge is 0.382 e. The van der Waals surface area contributed by atoms with Crippen LogP contribution in [0.4, 0.5) is 17.6 Å². The van der Waals surface area contributed by atoms with E-state index in [1.807, 2.05) is 6.07 Å². The summed E-state index contributed by atoms with van der Waals surface area (Å²) < 4.78 is 0. The molecule has 25 heavy (non-hydrogen) atoms. The van der Waals surface area contributed by atoms with Gasteiger partial charge < -0.3 is 21.8 Å². The molecule has 1 aromatic carbocycles. The molecule has 0 aliphatic rings. The third-order valence-corrected chi connectivity index (χ3v) is 3.85. The number of benzene rings is 1. The van der Waals surface area contributed by atoms with Crippen LogP contribution in [-0.2, 0) is 0 Å². The zero-order valence-electron chi connectivity index (χ0n) is 13.0. The second-order valence-corrected chi connectivity index (χ2v) is 5.66. The molecule has 0 aliphatic heterocycles. The van der Waals surface area contributed by atoms with E-state index >= 15 is 0 Å². The van der Waals surface area contributed by atoms with Crippen molar-refractivity contribution < 1.29 is 0 Å². The number of hydrogen-bond donors (Lipinski definition) is 4. The van der Waals surface area contributed by atoms with Gasteiger partial charge in [-0.15, -0.1) is 0 Å². The lowest BCUT2D eigenvalue weighted by Crippen LogP contribution is -2.19. The van der Waals surface area contributed by atoms with E-state index < -0.39 is 6.04 Å². The highest BCUT2D eigenvalue weighted by molar-refractivity contribution is 6.35. The van der Waals surface area contributed by atoms with E-state index in [9.17, 15) is 10.1 Å². The maximum absolute atomic E-state index is 12.3. The van der Waals surface area contributed by atoms with E-state index in [1.54, 1.807) is 25.1 Å². The molecule has 1 atom stereocenters. The number of H-pyrrole nitrogens is 1. The number of nitrogens with zero attached hydrogens (tertiary/aromatic N) is 4. The van der Waals surface area contributed by atoms with Crippen molar-refractivity contribution in [1.82, 2.24) is 19.9 Å². The molecule has 0 fully saturated rings. The Kier molecular flexibility index (Phi) is 4.12. The van der Waals surface area contributed by atoms with E-state index in [-0.39, 0.29) is 28.7 Å². The summed E-state index contributed by atoms with van der Waals surface area (Å²) in [5, 5.41) is 12.8. The highest BCUT2D eigenvalue weighted by atomic mass is 35.5. The van der Waals surface area contributed by atoms with Gasteiger partial charge in [0, 0.05) is 0 Å². The lowest BCUT2D eigenvalue weighted by Gasteiger charge is -2.16. The molecule has 3 aromatic rings. The number of hydrogen-bond acceptors (Lipinski definition) is 8.